The van der Waals surface area contributed by atoms with Crippen molar-refractivity contribution < 1.29 is 0 Å². The molecule has 0 bridgehead atoms. The third-order valence-corrected chi connectivity index (χ3v) is 3.65. The van der Waals surface area contributed by atoms with E-state index in [-0.39, 0.29) is 0 Å². The van der Waals surface area contributed by atoms with Crippen LogP contribution >= 0.6 is 0 Å². The largest absolute Gasteiger partial charge is 0.383 e. The Kier molecular flexibility index (Phi) is 4.36. The van der Waals surface area contributed by atoms with Crippen LogP contribution in [0.15, 0.2) is 30.9 Å². The van der Waals surface area contributed by atoms with Gasteiger partial charge in [0.15, 0.2) is 0 Å². The first-order chi connectivity index (χ1) is 11.1. The predicted molar refractivity (Wildman–Crippen MR) is 90.8 cm³/mol. The number of fused-ring (bicyclic) bond motifs is 1. The van der Waals surface area contributed by atoms with Gasteiger partial charge in [0, 0.05) is 31.2 Å². The van der Waals surface area contributed by atoms with Crippen LogP contribution in [0.2, 0.25) is 0 Å². The first-order valence-electron chi connectivity index (χ1n) is 7.74. The maximum absolute atomic E-state index is 4.51. The second kappa shape index (κ2) is 6.60. The quantitative estimate of drug-likeness (QED) is 0.681. The first-order valence-corrected chi connectivity index (χ1v) is 7.74. The predicted octanol–water partition coefficient (Wildman–Crippen LogP) is 2.48. The van der Waals surface area contributed by atoms with Gasteiger partial charge in [0.2, 0.25) is 5.65 Å². The van der Waals surface area contributed by atoms with E-state index in [9.17, 15) is 0 Å². The van der Waals surface area contributed by atoms with E-state index in [4.69, 9.17) is 0 Å². The number of hydrogen-bond acceptors (Lipinski definition) is 6. The van der Waals surface area contributed by atoms with Gasteiger partial charge < -0.3 is 10.6 Å². The average molecular weight is 311 g/mol. The van der Waals surface area contributed by atoms with Crippen LogP contribution in [-0.4, -0.2) is 37.9 Å². The Morgan fingerprint density at radius 2 is 1.96 bits per heavy atom. The monoisotopic (exact) mass is 311 g/mol. The lowest BCUT2D eigenvalue weighted by atomic mass is 10.1. The van der Waals surface area contributed by atoms with Crippen molar-refractivity contribution in [3.05, 3.63) is 42.1 Å². The fourth-order valence-corrected chi connectivity index (χ4v) is 2.32. The number of rotatable bonds is 6. The Labute approximate surface area is 135 Å². The standard InChI is InChI=1S/C16H21N7/c1-11(2)14-8-15(16-21-20-10-23(16)22-14)19-7-6-18-13-4-5-17-9-12(13)3/h4-5,8-11,19H,6-7H2,1-3H3,(H,17,18). The molecule has 7 nitrogen and oxygen atoms in total. The van der Waals surface area contributed by atoms with E-state index in [1.807, 2.05) is 25.3 Å². The van der Waals surface area contributed by atoms with Crippen LogP contribution in [0.3, 0.4) is 0 Å². The van der Waals surface area contributed by atoms with Crippen LogP contribution in [0.25, 0.3) is 5.65 Å². The molecule has 0 atom stereocenters. The fourth-order valence-electron chi connectivity index (χ4n) is 2.32. The molecular formula is C16H21N7. The lowest BCUT2D eigenvalue weighted by Crippen LogP contribution is -2.15. The van der Waals surface area contributed by atoms with Gasteiger partial charge >= 0.3 is 0 Å². The number of hydrogen-bond donors (Lipinski definition) is 2. The van der Waals surface area contributed by atoms with Gasteiger partial charge in [0.05, 0.1) is 11.4 Å². The fraction of sp³-hybridized carbons (Fsp3) is 0.375. The summed E-state index contributed by atoms with van der Waals surface area (Å²) in [5.74, 6) is 0.347. The zero-order valence-corrected chi connectivity index (χ0v) is 13.6. The van der Waals surface area contributed by atoms with Gasteiger partial charge in [-0.15, -0.1) is 10.2 Å². The molecule has 3 rings (SSSR count). The van der Waals surface area contributed by atoms with Gasteiger partial charge in [-0.05, 0) is 30.5 Å². The summed E-state index contributed by atoms with van der Waals surface area (Å²) in [4.78, 5) is 4.09. The van der Waals surface area contributed by atoms with Crippen molar-refractivity contribution in [3.63, 3.8) is 0 Å². The highest BCUT2D eigenvalue weighted by atomic mass is 15.3. The molecule has 0 unspecified atom stereocenters. The van der Waals surface area contributed by atoms with Gasteiger partial charge in [-0.3, -0.25) is 4.98 Å². The SMILES string of the molecule is Cc1cnccc1NCCNc1cc(C(C)C)nn2cnnc12. The second-order valence-corrected chi connectivity index (χ2v) is 5.78. The minimum atomic E-state index is 0.347. The van der Waals surface area contributed by atoms with Crippen LogP contribution in [0, 0.1) is 6.92 Å². The van der Waals surface area contributed by atoms with E-state index < -0.39 is 0 Å². The van der Waals surface area contributed by atoms with Gasteiger partial charge in [-0.2, -0.15) is 9.61 Å². The Bertz CT molecular complexity index is 794. The molecule has 0 aliphatic carbocycles. The third kappa shape index (κ3) is 3.39. The molecule has 0 saturated carbocycles. The van der Waals surface area contributed by atoms with E-state index in [1.54, 1.807) is 17.0 Å². The Balaban J connectivity index is 1.67. The van der Waals surface area contributed by atoms with Gasteiger partial charge in [0.25, 0.3) is 0 Å². The summed E-state index contributed by atoms with van der Waals surface area (Å²) in [6, 6.07) is 4.03. The summed E-state index contributed by atoms with van der Waals surface area (Å²) in [5.41, 5.74) is 4.95. The number of nitrogens with zero attached hydrogens (tertiary/aromatic N) is 5. The van der Waals surface area contributed by atoms with E-state index in [0.29, 0.717) is 5.92 Å². The minimum absolute atomic E-state index is 0.347. The van der Waals surface area contributed by atoms with Crippen LogP contribution in [0.1, 0.15) is 31.0 Å². The highest BCUT2D eigenvalue weighted by molar-refractivity contribution is 5.66. The van der Waals surface area contributed by atoms with Crippen molar-refractivity contribution in [2.45, 2.75) is 26.7 Å². The molecule has 0 radical (unpaired) electrons. The molecule has 0 aliphatic heterocycles. The molecule has 2 N–H and O–H groups in total. The first kappa shape index (κ1) is 15.2. The lowest BCUT2D eigenvalue weighted by Gasteiger charge is -2.12. The van der Waals surface area contributed by atoms with E-state index in [1.165, 1.54) is 0 Å². The molecule has 120 valence electrons. The van der Waals surface area contributed by atoms with Crippen molar-refractivity contribution in [2.75, 3.05) is 23.7 Å². The van der Waals surface area contributed by atoms with Crippen LogP contribution < -0.4 is 10.6 Å². The average Bonchev–Trinajstić information content (AvgIpc) is 3.01. The summed E-state index contributed by atoms with van der Waals surface area (Å²) < 4.78 is 1.72. The van der Waals surface area contributed by atoms with Crippen LogP contribution in [0.4, 0.5) is 11.4 Å². The van der Waals surface area contributed by atoms with E-state index in [2.05, 4.69) is 44.8 Å². The minimum Gasteiger partial charge on any atom is -0.383 e. The smallest absolute Gasteiger partial charge is 0.200 e. The van der Waals surface area contributed by atoms with Crippen LogP contribution in [0.5, 0.6) is 0 Å². The Hall–Kier alpha value is -2.70. The molecule has 0 aliphatic rings. The molecule has 0 fully saturated rings. The molecule has 23 heavy (non-hydrogen) atoms. The molecule has 0 spiro atoms. The van der Waals surface area contributed by atoms with Gasteiger partial charge in [-0.1, -0.05) is 13.8 Å². The summed E-state index contributed by atoms with van der Waals surface area (Å²) in [6.07, 6.45) is 5.28. The Morgan fingerprint density at radius 1 is 1.17 bits per heavy atom. The third-order valence-electron chi connectivity index (χ3n) is 3.65. The highest BCUT2D eigenvalue weighted by Crippen LogP contribution is 2.19. The highest BCUT2D eigenvalue weighted by Gasteiger charge is 2.10. The molecule has 3 aromatic rings. The van der Waals surface area contributed by atoms with E-state index in [0.717, 1.165) is 41.4 Å². The number of anilines is 2. The summed E-state index contributed by atoms with van der Waals surface area (Å²) >= 11 is 0. The molecule has 3 heterocycles. The summed E-state index contributed by atoms with van der Waals surface area (Å²) in [7, 11) is 0. The number of nitrogens with one attached hydrogen (secondary N) is 2. The molecule has 0 aromatic carbocycles. The molecule has 0 saturated heterocycles. The zero-order valence-electron chi connectivity index (χ0n) is 13.6. The summed E-state index contributed by atoms with van der Waals surface area (Å²) in [6.45, 7) is 7.85. The molecule has 0 amide bonds. The van der Waals surface area contributed by atoms with Crippen molar-refractivity contribution in [2.24, 2.45) is 0 Å². The lowest BCUT2D eigenvalue weighted by molar-refractivity contribution is 0.762. The van der Waals surface area contributed by atoms with Crippen LogP contribution in [-0.2, 0) is 0 Å². The number of aromatic nitrogens is 5. The summed E-state index contributed by atoms with van der Waals surface area (Å²) in [5, 5.41) is 19.4. The molecule has 7 heteroatoms. The molecule has 3 aromatic heterocycles. The second-order valence-electron chi connectivity index (χ2n) is 5.78. The maximum Gasteiger partial charge on any atom is 0.200 e. The van der Waals surface area contributed by atoms with Gasteiger partial charge in [0.1, 0.15) is 6.33 Å². The number of pyridine rings is 1. The normalized spacial score (nSPS) is 11.1. The van der Waals surface area contributed by atoms with Gasteiger partial charge in [-0.25, -0.2) is 0 Å². The van der Waals surface area contributed by atoms with Crippen molar-refractivity contribution in [3.8, 4) is 0 Å². The van der Waals surface area contributed by atoms with Crippen molar-refractivity contribution in [1.82, 2.24) is 24.8 Å². The zero-order chi connectivity index (χ0) is 16.2. The molecular weight excluding hydrogens is 290 g/mol. The van der Waals surface area contributed by atoms with E-state index >= 15 is 0 Å². The Morgan fingerprint density at radius 3 is 2.70 bits per heavy atom. The topological polar surface area (TPSA) is 80.0 Å². The number of aryl methyl sites for hydroxylation is 1. The van der Waals surface area contributed by atoms with Crippen molar-refractivity contribution >= 4 is 17.0 Å². The maximum atomic E-state index is 4.51. The van der Waals surface area contributed by atoms with Crippen molar-refractivity contribution in [1.29, 1.82) is 0 Å².